The highest BCUT2D eigenvalue weighted by molar-refractivity contribution is 9.10. The number of benzene rings is 1. The molecule has 0 unspecified atom stereocenters. The number of carbonyl (C=O) groups excluding carboxylic acids is 1. The number of carbonyl (C=O) groups is 1. The van der Waals surface area contributed by atoms with Crippen LogP contribution < -0.4 is 4.74 Å². The number of methoxy groups -OCH3 is 1. The molecule has 0 aliphatic carbocycles. The molecular formula is C15H14BrNO5S. The number of furan rings is 1. The van der Waals surface area contributed by atoms with E-state index in [2.05, 4.69) is 15.9 Å². The van der Waals surface area contributed by atoms with Crippen LogP contribution in [0.3, 0.4) is 0 Å². The van der Waals surface area contributed by atoms with E-state index in [1.165, 1.54) is 24.1 Å². The molecule has 2 aromatic rings. The Balaban J connectivity index is 1.69. The summed E-state index contributed by atoms with van der Waals surface area (Å²) in [4.78, 5) is 13.8. The van der Waals surface area contributed by atoms with Crippen molar-refractivity contribution < 1.29 is 22.4 Å². The van der Waals surface area contributed by atoms with Gasteiger partial charge in [0.15, 0.2) is 20.3 Å². The van der Waals surface area contributed by atoms with Gasteiger partial charge in [0.25, 0.3) is 5.91 Å². The van der Waals surface area contributed by atoms with Crippen LogP contribution in [0.4, 0.5) is 0 Å². The number of ether oxygens (including phenoxy) is 1. The van der Waals surface area contributed by atoms with Crippen molar-refractivity contribution in [3.8, 4) is 5.75 Å². The highest BCUT2D eigenvalue weighted by Crippen LogP contribution is 2.27. The largest absolute Gasteiger partial charge is 0.497 e. The van der Waals surface area contributed by atoms with Crippen LogP contribution in [0.15, 0.2) is 50.4 Å². The summed E-state index contributed by atoms with van der Waals surface area (Å²) in [6.07, 6.45) is 0. The summed E-state index contributed by atoms with van der Waals surface area (Å²) in [7, 11) is -1.94. The Kier molecular flexibility index (Phi) is 4.20. The zero-order valence-corrected chi connectivity index (χ0v) is 14.6. The van der Waals surface area contributed by atoms with Crippen molar-refractivity contribution in [3.63, 3.8) is 0 Å². The molecule has 1 saturated heterocycles. The molecule has 23 heavy (non-hydrogen) atoms. The molecule has 2 heterocycles. The molecule has 1 amide bonds. The third-order valence-corrected chi connectivity index (χ3v) is 6.28. The van der Waals surface area contributed by atoms with Crippen molar-refractivity contribution in [2.45, 2.75) is 10.1 Å². The molecule has 3 rings (SSSR count). The fourth-order valence-corrected chi connectivity index (χ4v) is 4.30. The van der Waals surface area contributed by atoms with E-state index in [0.717, 1.165) is 0 Å². The Labute approximate surface area is 142 Å². The zero-order valence-electron chi connectivity index (χ0n) is 12.2. The van der Waals surface area contributed by atoms with Crippen LogP contribution in [-0.4, -0.2) is 44.7 Å². The molecule has 0 N–H and O–H groups in total. The number of rotatable bonds is 4. The Hall–Kier alpha value is -1.80. The van der Waals surface area contributed by atoms with Crippen LogP contribution in [0.5, 0.6) is 5.75 Å². The van der Waals surface area contributed by atoms with Crippen molar-refractivity contribution in [2.24, 2.45) is 0 Å². The minimum Gasteiger partial charge on any atom is -0.497 e. The van der Waals surface area contributed by atoms with Gasteiger partial charge in [0.05, 0.1) is 12.0 Å². The number of amides is 1. The van der Waals surface area contributed by atoms with Gasteiger partial charge in [-0.2, -0.15) is 0 Å². The Morgan fingerprint density at radius 2 is 1.87 bits per heavy atom. The quantitative estimate of drug-likeness (QED) is 0.788. The van der Waals surface area contributed by atoms with Gasteiger partial charge in [-0.25, -0.2) is 8.42 Å². The smallest absolute Gasteiger partial charge is 0.289 e. The minimum absolute atomic E-state index is 0.158. The second-order valence-corrected chi connectivity index (χ2v) is 8.17. The number of nitrogens with zero attached hydrogens (tertiary/aromatic N) is 1. The summed E-state index contributed by atoms with van der Waals surface area (Å²) in [5, 5.41) is -0.599. The van der Waals surface area contributed by atoms with E-state index < -0.39 is 15.1 Å². The first-order chi connectivity index (χ1) is 10.9. The van der Waals surface area contributed by atoms with Crippen molar-refractivity contribution in [2.75, 3.05) is 20.2 Å². The zero-order chi connectivity index (χ0) is 16.6. The molecule has 6 nitrogen and oxygen atoms in total. The van der Waals surface area contributed by atoms with Crippen LogP contribution in [0, 0.1) is 0 Å². The number of hydrogen-bond acceptors (Lipinski definition) is 5. The predicted octanol–water partition coefficient (Wildman–Crippen LogP) is 2.35. The van der Waals surface area contributed by atoms with Crippen molar-refractivity contribution >= 4 is 31.7 Å². The molecule has 0 spiro atoms. The van der Waals surface area contributed by atoms with E-state index in [-0.39, 0.29) is 29.7 Å². The van der Waals surface area contributed by atoms with Gasteiger partial charge in [0, 0.05) is 13.1 Å². The summed E-state index contributed by atoms with van der Waals surface area (Å²) in [5.74, 6) is 0.479. The second-order valence-electron chi connectivity index (χ2n) is 5.16. The van der Waals surface area contributed by atoms with Crippen LogP contribution >= 0.6 is 15.9 Å². The van der Waals surface area contributed by atoms with Crippen molar-refractivity contribution in [1.29, 1.82) is 0 Å². The minimum atomic E-state index is -3.46. The molecule has 1 fully saturated rings. The lowest BCUT2D eigenvalue weighted by Crippen LogP contribution is -2.56. The average Bonchev–Trinajstić information content (AvgIpc) is 2.92. The Bertz CT molecular complexity index is 822. The molecule has 122 valence electrons. The number of likely N-dealkylation sites (tertiary alicyclic amines) is 1. The summed E-state index contributed by atoms with van der Waals surface area (Å²) >= 11 is 3.13. The Morgan fingerprint density at radius 3 is 2.39 bits per heavy atom. The van der Waals surface area contributed by atoms with Crippen molar-refractivity contribution in [3.05, 3.63) is 46.8 Å². The first-order valence-corrected chi connectivity index (χ1v) is 9.18. The SMILES string of the molecule is COc1ccc(S(=O)(=O)C2CN(C(=O)c3ccc(Br)o3)C2)cc1. The molecule has 0 radical (unpaired) electrons. The molecule has 8 heteroatoms. The highest BCUT2D eigenvalue weighted by atomic mass is 79.9. The number of halogens is 1. The molecule has 1 aliphatic rings. The second kappa shape index (κ2) is 6.01. The Morgan fingerprint density at radius 1 is 1.22 bits per heavy atom. The van der Waals surface area contributed by atoms with E-state index in [4.69, 9.17) is 9.15 Å². The van der Waals surface area contributed by atoms with Gasteiger partial charge < -0.3 is 14.1 Å². The van der Waals surface area contributed by atoms with Crippen LogP contribution in [0.25, 0.3) is 0 Å². The van der Waals surface area contributed by atoms with Crippen LogP contribution in [-0.2, 0) is 9.84 Å². The molecule has 0 atom stereocenters. The first-order valence-electron chi connectivity index (χ1n) is 6.84. The lowest BCUT2D eigenvalue weighted by atomic mass is 10.2. The van der Waals surface area contributed by atoms with Gasteiger partial charge in [-0.05, 0) is 52.3 Å². The monoisotopic (exact) mass is 399 g/mol. The van der Waals surface area contributed by atoms with Crippen molar-refractivity contribution in [1.82, 2.24) is 4.90 Å². The highest BCUT2D eigenvalue weighted by Gasteiger charge is 2.41. The van der Waals surface area contributed by atoms with E-state index in [0.29, 0.717) is 10.4 Å². The van der Waals surface area contributed by atoms with Crippen LogP contribution in [0.1, 0.15) is 10.6 Å². The lowest BCUT2D eigenvalue weighted by molar-refractivity contribution is 0.0624. The summed E-state index contributed by atoms with van der Waals surface area (Å²) in [5.41, 5.74) is 0. The third kappa shape index (κ3) is 3.00. The van der Waals surface area contributed by atoms with E-state index in [1.54, 1.807) is 24.3 Å². The van der Waals surface area contributed by atoms with Gasteiger partial charge in [0.1, 0.15) is 11.0 Å². The maximum absolute atomic E-state index is 12.5. The number of sulfone groups is 1. The average molecular weight is 400 g/mol. The summed E-state index contributed by atoms with van der Waals surface area (Å²) in [6, 6.07) is 9.42. The van der Waals surface area contributed by atoms with E-state index in [9.17, 15) is 13.2 Å². The van der Waals surface area contributed by atoms with Gasteiger partial charge in [-0.3, -0.25) is 4.79 Å². The van der Waals surface area contributed by atoms with Gasteiger partial charge in [0.2, 0.25) is 0 Å². The molecule has 1 aromatic carbocycles. The molecular weight excluding hydrogens is 386 g/mol. The van der Waals surface area contributed by atoms with E-state index in [1.807, 2.05) is 0 Å². The first kappa shape index (κ1) is 16.1. The van der Waals surface area contributed by atoms with Gasteiger partial charge >= 0.3 is 0 Å². The van der Waals surface area contributed by atoms with Crippen LogP contribution in [0.2, 0.25) is 0 Å². The normalized spacial score (nSPS) is 15.3. The number of hydrogen-bond donors (Lipinski definition) is 0. The molecule has 0 bridgehead atoms. The van der Waals surface area contributed by atoms with E-state index >= 15 is 0 Å². The fraction of sp³-hybridized carbons (Fsp3) is 0.267. The van der Waals surface area contributed by atoms with Gasteiger partial charge in [-0.15, -0.1) is 0 Å². The summed E-state index contributed by atoms with van der Waals surface area (Å²) in [6.45, 7) is 0.316. The van der Waals surface area contributed by atoms with Gasteiger partial charge in [-0.1, -0.05) is 0 Å². The topological polar surface area (TPSA) is 76.8 Å². The molecule has 1 aromatic heterocycles. The molecule has 1 aliphatic heterocycles. The maximum atomic E-state index is 12.5. The standard InChI is InChI=1S/C15H14BrNO5S/c1-21-10-2-4-11(5-3-10)23(19,20)12-8-17(9-12)15(18)13-6-7-14(16)22-13/h2-7,12H,8-9H2,1H3. The maximum Gasteiger partial charge on any atom is 0.289 e. The predicted molar refractivity (Wildman–Crippen MR) is 86.3 cm³/mol. The third-order valence-electron chi connectivity index (χ3n) is 3.75. The fourth-order valence-electron chi connectivity index (χ4n) is 2.34. The molecule has 0 saturated carbocycles. The lowest BCUT2D eigenvalue weighted by Gasteiger charge is -2.38. The summed E-state index contributed by atoms with van der Waals surface area (Å²) < 4.78 is 35.7.